The average molecular weight is 501 g/mol. The molecule has 0 aromatic rings. The smallest absolute Gasteiger partial charge is 0.309 e. The molecule has 36 heavy (non-hydrogen) atoms. The number of hydrogen-bond acceptors (Lipinski definition) is 5. The highest BCUT2D eigenvalue weighted by atomic mass is 16.5. The zero-order chi connectivity index (χ0) is 25.8. The van der Waals surface area contributed by atoms with Crippen LogP contribution in [-0.4, -0.2) is 48.2 Å². The Bertz CT molecular complexity index is 782. The van der Waals surface area contributed by atoms with Crippen LogP contribution in [0.15, 0.2) is 48.1 Å². The maximum Gasteiger partial charge on any atom is 0.309 e. The summed E-state index contributed by atoms with van der Waals surface area (Å²) in [7, 11) is 0. The van der Waals surface area contributed by atoms with Crippen molar-refractivity contribution in [3.8, 4) is 0 Å². The van der Waals surface area contributed by atoms with Crippen molar-refractivity contribution in [1.29, 1.82) is 0 Å². The second kappa shape index (κ2) is 15.5. The summed E-state index contributed by atoms with van der Waals surface area (Å²) in [6.45, 7) is 6.68. The molecule has 0 spiro atoms. The third-order valence-corrected chi connectivity index (χ3v) is 7.62. The third kappa shape index (κ3) is 9.99. The zero-order valence-corrected chi connectivity index (χ0v) is 22.6. The second-order valence-electron chi connectivity index (χ2n) is 10.9. The van der Waals surface area contributed by atoms with E-state index < -0.39 is 0 Å². The fraction of sp³-hybridized carbons (Fsp3) is 0.710. The van der Waals surface area contributed by atoms with Crippen molar-refractivity contribution in [2.24, 2.45) is 11.8 Å². The topological polar surface area (TPSA) is 65.0 Å². The van der Waals surface area contributed by atoms with E-state index in [1.54, 1.807) is 0 Å². The predicted octanol–water partition coefficient (Wildman–Crippen LogP) is 6.62. The molecule has 0 aromatic heterocycles. The van der Waals surface area contributed by atoms with Crippen molar-refractivity contribution in [1.82, 2.24) is 0 Å². The molecule has 4 bridgehead atoms. The molecule has 3 aliphatic rings. The van der Waals surface area contributed by atoms with Gasteiger partial charge in [-0.25, -0.2) is 0 Å². The number of carbonyl (C=O) groups is 1. The molecule has 0 aromatic carbocycles. The fourth-order valence-corrected chi connectivity index (χ4v) is 5.55. The maximum atomic E-state index is 13.0. The van der Waals surface area contributed by atoms with Crippen molar-refractivity contribution in [3.63, 3.8) is 0 Å². The van der Waals surface area contributed by atoms with Crippen molar-refractivity contribution < 1.29 is 24.1 Å². The van der Waals surface area contributed by atoms with Crippen molar-refractivity contribution in [2.75, 3.05) is 6.61 Å². The van der Waals surface area contributed by atoms with Gasteiger partial charge in [0.05, 0.1) is 30.8 Å². The lowest BCUT2D eigenvalue weighted by Gasteiger charge is -2.37. The summed E-state index contributed by atoms with van der Waals surface area (Å²) in [5.41, 5.74) is 1.37. The molecule has 2 fully saturated rings. The highest BCUT2D eigenvalue weighted by Gasteiger charge is 2.32. The third-order valence-electron chi connectivity index (χ3n) is 7.62. The second-order valence-corrected chi connectivity index (χ2v) is 10.9. The van der Waals surface area contributed by atoms with Crippen molar-refractivity contribution in [3.05, 3.63) is 48.1 Å². The van der Waals surface area contributed by atoms with Gasteiger partial charge in [0.1, 0.15) is 6.10 Å². The van der Waals surface area contributed by atoms with Gasteiger partial charge in [-0.05, 0) is 76.7 Å². The summed E-state index contributed by atoms with van der Waals surface area (Å²) < 4.78 is 19.0. The summed E-state index contributed by atoms with van der Waals surface area (Å²) in [4.78, 5) is 13.0. The molecule has 2 saturated heterocycles. The number of aliphatic hydroxyl groups excluding tert-OH is 1. The van der Waals surface area contributed by atoms with Gasteiger partial charge in [-0.15, -0.1) is 0 Å². The Labute approximate surface area is 218 Å². The molecule has 3 heterocycles. The van der Waals surface area contributed by atoms with Crippen molar-refractivity contribution in [2.45, 2.75) is 122 Å². The lowest BCUT2D eigenvalue weighted by molar-refractivity contribution is -0.154. The predicted molar refractivity (Wildman–Crippen MR) is 145 cm³/mol. The first-order valence-corrected chi connectivity index (χ1v) is 14.2. The van der Waals surface area contributed by atoms with E-state index in [1.165, 1.54) is 12.0 Å². The zero-order valence-electron chi connectivity index (χ0n) is 22.6. The van der Waals surface area contributed by atoms with E-state index in [9.17, 15) is 4.79 Å². The summed E-state index contributed by atoms with van der Waals surface area (Å²) in [6, 6.07) is 0. The van der Waals surface area contributed by atoms with Crippen LogP contribution in [0.3, 0.4) is 0 Å². The van der Waals surface area contributed by atoms with Gasteiger partial charge in [-0.2, -0.15) is 0 Å². The Morgan fingerprint density at radius 2 is 1.69 bits per heavy atom. The van der Waals surface area contributed by atoms with E-state index in [4.69, 9.17) is 19.3 Å². The molecule has 7 atom stereocenters. The van der Waals surface area contributed by atoms with Gasteiger partial charge in [-0.3, -0.25) is 4.79 Å². The van der Waals surface area contributed by atoms with Gasteiger partial charge in [0, 0.05) is 18.9 Å². The Morgan fingerprint density at radius 3 is 2.47 bits per heavy atom. The Hall–Kier alpha value is -1.69. The lowest BCUT2D eigenvalue weighted by atomic mass is 9.90. The number of allylic oxidation sites excluding steroid dienone is 5. The number of hydrogen-bond donors (Lipinski definition) is 1. The van der Waals surface area contributed by atoms with E-state index >= 15 is 0 Å². The fourth-order valence-electron chi connectivity index (χ4n) is 5.55. The summed E-state index contributed by atoms with van der Waals surface area (Å²) in [5, 5.41) is 8.92. The van der Waals surface area contributed by atoms with Crippen LogP contribution >= 0.6 is 0 Å². The van der Waals surface area contributed by atoms with Crippen molar-refractivity contribution >= 4 is 5.97 Å². The molecular weight excluding hydrogens is 452 g/mol. The van der Waals surface area contributed by atoms with Gasteiger partial charge >= 0.3 is 5.97 Å². The van der Waals surface area contributed by atoms with E-state index in [0.717, 1.165) is 57.8 Å². The van der Waals surface area contributed by atoms with Gasteiger partial charge in [0.2, 0.25) is 0 Å². The highest BCUT2D eigenvalue weighted by Crippen LogP contribution is 2.33. The van der Waals surface area contributed by atoms with Crippen LogP contribution in [0.25, 0.3) is 0 Å². The first kappa shape index (κ1) is 28.9. The van der Waals surface area contributed by atoms with E-state index in [2.05, 4.69) is 45.1 Å². The minimum Gasteiger partial charge on any atom is -0.457 e. The van der Waals surface area contributed by atoms with E-state index in [1.807, 2.05) is 18.2 Å². The molecule has 5 heteroatoms. The monoisotopic (exact) mass is 500 g/mol. The van der Waals surface area contributed by atoms with Gasteiger partial charge in [0.25, 0.3) is 0 Å². The molecule has 0 amide bonds. The molecule has 202 valence electrons. The van der Waals surface area contributed by atoms with Gasteiger partial charge in [0.15, 0.2) is 0 Å². The number of fused-ring (bicyclic) bond motifs is 4. The number of ether oxygens (including phenoxy) is 3. The maximum absolute atomic E-state index is 13.0. The van der Waals surface area contributed by atoms with Gasteiger partial charge in [-0.1, -0.05) is 55.9 Å². The average Bonchev–Trinajstić information content (AvgIpc) is 2.85. The van der Waals surface area contributed by atoms with E-state index in [-0.39, 0.29) is 49.3 Å². The highest BCUT2D eigenvalue weighted by molar-refractivity contribution is 5.70. The summed E-state index contributed by atoms with van der Waals surface area (Å²) in [5.74, 6) is 0.266. The SMILES string of the molecule is C/C=C1\CC2CC(=O)OC(/C=C/C=C\CCCCO)[C@@H](C)/C=C/[C@H](C)C[C@H]3CCCC(C[C@@H](C1)O2)O3. The molecule has 0 aliphatic carbocycles. The first-order chi connectivity index (χ1) is 17.5. The minimum absolute atomic E-state index is 0.0643. The standard InChI is InChI=1S/C31H48O5/c1-4-25-19-28-21-27-13-11-12-26(34-27)18-23(2)15-16-24(3)30(14-9-7-5-6-8-10-17-32)36-31(33)22-29(20-25)35-28/h4-5,7,9,14-16,23-24,26-30,32H,6,8,10-13,17-22H2,1-3H3/b7-5-,14-9+,16-15+,25-4-/t23-,24-,26+,27?,28+,29?,30?/m0/s1. The largest absolute Gasteiger partial charge is 0.457 e. The molecule has 0 saturated carbocycles. The number of aliphatic hydroxyl groups is 1. The number of rotatable bonds is 6. The number of carbonyl (C=O) groups excluding carboxylic acids is 1. The van der Waals surface area contributed by atoms with Crippen LogP contribution in [0.1, 0.15) is 91.4 Å². The summed E-state index contributed by atoms with van der Waals surface area (Å²) >= 11 is 0. The van der Waals surface area contributed by atoms with Gasteiger partial charge < -0.3 is 19.3 Å². The Kier molecular flexibility index (Phi) is 12.5. The molecule has 3 aliphatic heterocycles. The molecule has 3 rings (SSSR count). The molecule has 0 radical (unpaired) electrons. The van der Waals surface area contributed by atoms with Crippen LogP contribution in [-0.2, 0) is 19.0 Å². The molecule has 5 nitrogen and oxygen atoms in total. The molecular formula is C31H48O5. The van der Waals surface area contributed by atoms with Crippen LogP contribution in [0.2, 0.25) is 0 Å². The lowest BCUT2D eigenvalue weighted by Crippen LogP contribution is -2.37. The Morgan fingerprint density at radius 1 is 0.944 bits per heavy atom. The number of esters is 1. The molecule has 1 N–H and O–H groups in total. The Balaban J connectivity index is 1.74. The van der Waals surface area contributed by atoms with E-state index in [0.29, 0.717) is 12.0 Å². The van der Waals surface area contributed by atoms with Crippen LogP contribution < -0.4 is 0 Å². The normalized spacial score (nSPS) is 36.8. The quantitative estimate of drug-likeness (QED) is 0.192. The number of unbranched alkanes of at least 4 members (excludes halogenated alkanes) is 2. The van der Waals surface area contributed by atoms with Crippen LogP contribution in [0, 0.1) is 11.8 Å². The number of cyclic esters (lactones) is 1. The molecule has 3 unspecified atom stereocenters. The first-order valence-electron chi connectivity index (χ1n) is 14.2. The van der Waals surface area contributed by atoms with Crippen LogP contribution in [0.4, 0.5) is 0 Å². The minimum atomic E-state index is -0.327. The summed E-state index contributed by atoms with van der Waals surface area (Å²) in [6.07, 6.45) is 24.9. The van der Waals surface area contributed by atoms with Crippen LogP contribution in [0.5, 0.6) is 0 Å².